The molecule has 0 fully saturated rings. The number of hydrogen-bond donors (Lipinski definition) is 1. The maximum atomic E-state index is 12.3. The van der Waals surface area contributed by atoms with Gasteiger partial charge in [0, 0.05) is 10.6 Å². The average Bonchev–Trinajstić information content (AvgIpc) is 3.40. The quantitative estimate of drug-likeness (QED) is 0.143. The second kappa shape index (κ2) is 11.3. The Kier molecular flexibility index (Phi) is 7.70. The fourth-order valence-electron chi connectivity index (χ4n) is 2.85. The van der Waals surface area contributed by atoms with E-state index in [1.807, 2.05) is 29.6 Å². The Morgan fingerprint density at radius 1 is 0.912 bits per heavy atom. The number of amides is 1. The second-order valence-electron chi connectivity index (χ2n) is 7.07. The van der Waals surface area contributed by atoms with Gasteiger partial charge in [-0.15, -0.1) is 11.3 Å². The molecule has 0 unspecified atom stereocenters. The lowest BCUT2D eigenvalue weighted by molar-refractivity contribution is 0.0739. The molecule has 0 aliphatic rings. The first kappa shape index (κ1) is 23.2. The normalized spacial score (nSPS) is 10.7. The number of esters is 1. The van der Waals surface area contributed by atoms with Crippen molar-refractivity contribution < 1.29 is 19.1 Å². The zero-order valence-corrected chi connectivity index (χ0v) is 19.4. The van der Waals surface area contributed by atoms with Crippen LogP contribution >= 0.6 is 22.9 Å². The van der Waals surface area contributed by atoms with Crippen molar-refractivity contribution in [3.8, 4) is 11.5 Å². The number of carbonyl (C=O) groups excluding carboxylic acids is 2. The van der Waals surface area contributed by atoms with Gasteiger partial charge >= 0.3 is 5.97 Å². The summed E-state index contributed by atoms with van der Waals surface area (Å²) in [4.78, 5) is 24.8. The van der Waals surface area contributed by atoms with Crippen molar-refractivity contribution in [2.75, 3.05) is 0 Å². The monoisotopic (exact) mass is 490 g/mol. The summed E-state index contributed by atoms with van der Waals surface area (Å²) in [5.74, 6) is 0.333. The molecule has 1 heterocycles. The highest BCUT2D eigenvalue weighted by Crippen LogP contribution is 2.17. The fraction of sp³-hybridized carbons (Fsp3) is 0.0385. The molecule has 1 N–H and O–H groups in total. The first-order valence-electron chi connectivity index (χ1n) is 10.2. The van der Waals surface area contributed by atoms with E-state index in [2.05, 4.69) is 10.5 Å². The largest absolute Gasteiger partial charge is 0.489 e. The molecule has 8 heteroatoms. The Labute approximate surface area is 205 Å². The van der Waals surface area contributed by atoms with Gasteiger partial charge in [0.2, 0.25) is 0 Å². The van der Waals surface area contributed by atoms with Crippen LogP contribution in [0.1, 0.15) is 31.2 Å². The lowest BCUT2D eigenvalue weighted by Crippen LogP contribution is -2.17. The highest BCUT2D eigenvalue weighted by Gasteiger charge is 2.09. The van der Waals surface area contributed by atoms with Crippen molar-refractivity contribution in [3.63, 3.8) is 0 Å². The number of nitrogens with one attached hydrogen (secondary N) is 1. The Hall–Kier alpha value is -3.94. The molecule has 0 saturated carbocycles. The van der Waals surface area contributed by atoms with Crippen LogP contribution < -0.4 is 14.9 Å². The number of halogens is 1. The molecule has 4 aromatic rings. The van der Waals surface area contributed by atoms with E-state index in [0.717, 1.165) is 11.1 Å². The summed E-state index contributed by atoms with van der Waals surface area (Å²) >= 11 is 7.20. The van der Waals surface area contributed by atoms with Gasteiger partial charge in [0.25, 0.3) is 5.91 Å². The van der Waals surface area contributed by atoms with E-state index in [0.29, 0.717) is 33.6 Å². The van der Waals surface area contributed by atoms with Crippen LogP contribution in [-0.4, -0.2) is 18.1 Å². The van der Waals surface area contributed by atoms with Crippen LogP contribution in [0.2, 0.25) is 5.02 Å². The molecular weight excluding hydrogens is 472 g/mol. The van der Waals surface area contributed by atoms with Crippen LogP contribution in [0.3, 0.4) is 0 Å². The number of ether oxygens (including phenoxy) is 2. The summed E-state index contributed by atoms with van der Waals surface area (Å²) < 4.78 is 11.0. The predicted molar refractivity (Wildman–Crippen MR) is 133 cm³/mol. The molecule has 34 heavy (non-hydrogen) atoms. The van der Waals surface area contributed by atoms with E-state index < -0.39 is 5.97 Å². The van der Waals surface area contributed by atoms with Gasteiger partial charge in [-0.25, -0.2) is 10.2 Å². The van der Waals surface area contributed by atoms with Crippen LogP contribution in [0.25, 0.3) is 0 Å². The van der Waals surface area contributed by atoms with Gasteiger partial charge in [-0.05, 0) is 83.2 Å². The van der Waals surface area contributed by atoms with Gasteiger partial charge in [0.05, 0.1) is 6.21 Å². The molecular formula is C26H19ClN2O4S. The van der Waals surface area contributed by atoms with Gasteiger partial charge < -0.3 is 9.47 Å². The molecule has 6 nitrogen and oxygen atoms in total. The van der Waals surface area contributed by atoms with Crippen molar-refractivity contribution >= 4 is 41.0 Å². The molecule has 0 atom stereocenters. The Bertz CT molecular complexity index is 1270. The van der Waals surface area contributed by atoms with E-state index in [1.165, 1.54) is 17.6 Å². The van der Waals surface area contributed by atoms with Crippen LogP contribution in [0.15, 0.2) is 95.4 Å². The minimum atomic E-state index is -0.398. The topological polar surface area (TPSA) is 77.0 Å². The first-order chi connectivity index (χ1) is 16.6. The minimum absolute atomic E-state index is 0.345. The van der Waals surface area contributed by atoms with E-state index in [1.54, 1.807) is 60.7 Å². The lowest BCUT2D eigenvalue weighted by atomic mass is 10.2. The molecule has 3 aromatic carbocycles. The van der Waals surface area contributed by atoms with Crippen molar-refractivity contribution in [1.82, 2.24) is 5.43 Å². The SMILES string of the molecule is O=C(N/N=C\c1ccc(OC(=O)c2cccs2)cc1)c1ccc(OCc2ccc(Cl)cc2)cc1. The molecule has 4 rings (SSSR count). The number of hydrogen-bond acceptors (Lipinski definition) is 6. The Morgan fingerprint density at radius 3 is 2.29 bits per heavy atom. The van der Waals surface area contributed by atoms with Crippen molar-refractivity contribution in [2.24, 2.45) is 5.10 Å². The zero-order valence-electron chi connectivity index (χ0n) is 17.8. The van der Waals surface area contributed by atoms with Crippen LogP contribution in [0.4, 0.5) is 0 Å². The van der Waals surface area contributed by atoms with Gasteiger partial charge in [-0.1, -0.05) is 29.8 Å². The van der Waals surface area contributed by atoms with Gasteiger partial charge in [-0.3, -0.25) is 4.79 Å². The minimum Gasteiger partial charge on any atom is -0.489 e. The summed E-state index contributed by atoms with van der Waals surface area (Å²) in [5.41, 5.74) is 4.67. The number of rotatable bonds is 8. The first-order valence-corrected chi connectivity index (χ1v) is 11.5. The van der Waals surface area contributed by atoms with E-state index in [-0.39, 0.29) is 5.91 Å². The molecule has 1 aromatic heterocycles. The van der Waals surface area contributed by atoms with E-state index >= 15 is 0 Å². The molecule has 0 radical (unpaired) electrons. The van der Waals surface area contributed by atoms with E-state index in [4.69, 9.17) is 21.1 Å². The maximum Gasteiger partial charge on any atom is 0.353 e. The third kappa shape index (κ3) is 6.54. The highest BCUT2D eigenvalue weighted by molar-refractivity contribution is 7.12. The van der Waals surface area contributed by atoms with Gasteiger partial charge in [0.15, 0.2) is 0 Å². The molecule has 0 bridgehead atoms. The highest BCUT2D eigenvalue weighted by atomic mass is 35.5. The van der Waals surface area contributed by atoms with Gasteiger partial charge in [-0.2, -0.15) is 5.10 Å². The van der Waals surface area contributed by atoms with Crippen LogP contribution in [0.5, 0.6) is 11.5 Å². The lowest BCUT2D eigenvalue weighted by Gasteiger charge is -2.07. The molecule has 0 saturated heterocycles. The van der Waals surface area contributed by atoms with E-state index in [9.17, 15) is 9.59 Å². The molecule has 0 aliphatic heterocycles. The fourth-order valence-corrected chi connectivity index (χ4v) is 3.58. The summed E-state index contributed by atoms with van der Waals surface area (Å²) in [6.07, 6.45) is 1.51. The third-order valence-electron chi connectivity index (χ3n) is 4.63. The Morgan fingerprint density at radius 2 is 1.62 bits per heavy atom. The van der Waals surface area contributed by atoms with Crippen molar-refractivity contribution in [1.29, 1.82) is 0 Å². The Balaban J connectivity index is 1.25. The predicted octanol–water partition coefficient (Wildman–Crippen LogP) is 5.96. The van der Waals surface area contributed by atoms with Crippen LogP contribution in [-0.2, 0) is 6.61 Å². The molecule has 0 spiro atoms. The number of hydrazone groups is 1. The summed E-state index contributed by atoms with van der Waals surface area (Å²) in [6.45, 7) is 0.402. The summed E-state index contributed by atoms with van der Waals surface area (Å²) in [6, 6.07) is 24.5. The third-order valence-corrected chi connectivity index (χ3v) is 5.73. The smallest absolute Gasteiger partial charge is 0.353 e. The zero-order chi connectivity index (χ0) is 23.8. The summed E-state index contributed by atoms with van der Waals surface area (Å²) in [5, 5.41) is 6.47. The molecule has 1 amide bonds. The van der Waals surface area contributed by atoms with Crippen LogP contribution in [0, 0.1) is 0 Å². The molecule has 0 aliphatic carbocycles. The second-order valence-corrected chi connectivity index (χ2v) is 8.46. The number of thiophene rings is 1. The average molecular weight is 491 g/mol. The number of nitrogens with zero attached hydrogens (tertiary/aromatic N) is 1. The number of carbonyl (C=O) groups is 2. The van der Waals surface area contributed by atoms with Gasteiger partial charge in [0.1, 0.15) is 23.0 Å². The standard InChI is InChI=1S/C26H19ClN2O4S/c27-21-9-3-19(4-10-21)17-32-22-13-7-20(8-14-22)25(30)29-28-16-18-5-11-23(12-6-18)33-26(31)24-2-1-15-34-24/h1-16H,17H2,(H,29,30)/b28-16-. The summed E-state index contributed by atoms with van der Waals surface area (Å²) in [7, 11) is 0. The van der Waals surface area contributed by atoms with Crippen molar-refractivity contribution in [2.45, 2.75) is 6.61 Å². The maximum absolute atomic E-state index is 12.3. The number of benzene rings is 3. The van der Waals surface area contributed by atoms with Crippen molar-refractivity contribution in [3.05, 3.63) is 117 Å². The molecule has 170 valence electrons.